The first-order valence-electron chi connectivity index (χ1n) is 16.1. The zero-order chi connectivity index (χ0) is 29.1. The molecule has 0 amide bonds. The van der Waals surface area contributed by atoms with E-state index in [9.17, 15) is 30.6 Å². The maximum atomic E-state index is 11.6. The van der Waals surface area contributed by atoms with Gasteiger partial charge in [-0.05, 0) is 110 Å². The highest BCUT2D eigenvalue weighted by Crippen LogP contribution is 2.68. The van der Waals surface area contributed by atoms with Crippen LogP contribution >= 0.6 is 0 Å². The summed E-state index contributed by atoms with van der Waals surface area (Å²) in [6, 6.07) is 0. The molecule has 16 atom stereocenters. The van der Waals surface area contributed by atoms with Gasteiger partial charge in [0.1, 0.15) is 18.3 Å². The minimum atomic E-state index is -1.29. The maximum absolute atomic E-state index is 11.6. The van der Waals surface area contributed by atoms with Gasteiger partial charge in [0.15, 0.2) is 6.29 Å². The maximum Gasteiger partial charge on any atom is 0.186 e. The Bertz CT molecular complexity index is 870. The Kier molecular flexibility index (Phi) is 9.06. The lowest BCUT2D eigenvalue weighted by molar-refractivity contribution is -0.286. The third-order valence-corrected chi connectivity index (χ3v) is 12.8. The standard InChI is InChI=1S/C32H56O8/c1-16(2)26(40-30-29(38)28(37)25(36)15-39-30)7-6-17(3)21-14-24(35)27-19-13-23(34)22-12-18(33)8-10-31(22,4)20(19)9-11-32(21,27)5/h16-30,33-38H,6-15H2,1-5H3/t17-,18+,19-,20+,21-,22?,23+,24-,25-,26+,27-,28+,29-,30+,31-,32-/m1/s1. The summed E-state index contributed by atoms with van der Waals surface area (Å²) in [4.78, 5) is 0. The molecule has 5 rings (SSSR count). The van der Waals surface area contributed by atoms with E-state index in [1.165, 1.54) is 0 Å². The summed E-state index contributed by atoms with van der Waals surface area (Å²) < 4.78 is 11.7. The number of ether oxygens (including phenoxy) is 2. The molecule has 6 N–H and O–H groups in total. The minimum Gasteiger partial charge on any atom is -0.393 e. The highest BCUT2D eigenvalue weighted by Gasteiger charge is 2.64. The summed E-state index contributed by atoms with van der Waals surface area (Å²) in [5, 5.41) is 63.5. The van der Waals surface area contributed by atoms with Crippen LogP contribution in [0.2, 0.25) is 0 Å². The molecule has 5 aliphatic rings. The van der Waals surface area contributed by atoms with Gasteiger partial charge in [-0.15, -0.1) is 0 Å². The predicted molar refractivity (Wildman–Crippen MR) is 150 cm³/mol. The van der Waals surface area contributed by atoms with Crippen molar-refractivity contribution >= 4 is 0 Å². The van der Waals surface area contributed by atoms with E-state index < -0.39 is 30.7 Å². The molecular weight excluding hydrogens is 512 g/mol. The second kappa shape index (κ2) is 11.6. The summed E-state index contributed by atoms with van der Waals surface area (Å²) in [5.74, 6) is 2.09. The molecule has 40 heavy (non-hydrogen) atoms. The van der Waals surface area contributed by atoms with Crippen LogP contribution in [0.4, 0.5) is 0 Å². The van der Waals surface area contributed by atoms with Crippen LogP contribution in [0.1, 0.15) is 92.4 Å². The van der Waals surface area contributed by atoms with Crippen LogP contribution in [0.15, 0.2) is 0 Å². The molecule has 1 saturated heterocycles. The summed E-state index contributed by atoms with van der Waals surface area (Å²) in [5.41, 5.74) is 0.0533. The molecular formula is C32H56O8. The number of rotatable bonds is 7. The van der Waals surface area contributed by atoms with Gasteiger partial charge in [0.25, 0.3) is 0 Å². The lowest BCUT2D eigenvalue weighted by Crippen LogP contribution is -2.59. The van der Waals surface area contributed by atoms with Crippen molar-refractivity contribution < 1.29 is 40.1 Å². The number of aliphatic hydroxyl groups excluding tert-OH is 6. The fourth-order valence-corrected chi connectivity index (χ4v) is 10.5. The van der Waals surface area contributed by atoms with Gasteiger partial charge in [-0.25, -0.2) is 0 Å². The lowest BCUT2D eigenvalue weighted by atomic mass is 9.43. The fraction of sp³-hybridized carbons (Fsp3) is 1.00. The Labute approximate surface area is 240 Å². The van der Waals surface area contributed by atoms with Crippen LogP contribution < -0.4 is 0 Å². The topological polar surface area (TPSA) is 140 Å². The van der Waals surface area contributed by atoms with E-state index in [1.54, 1.807) is 0 Å². The molecule has 0 aromatic heterocycles. The van der Waals surface area contributed by atoms with Gasteiger partial charge in [-0.1, -0.05) is 34.6 Å². The van der Waals surface area contributed by atoms with Crippen molar-refractivity contribution in [3.8, 4) is 0 Å². The molecule has 0 aromatic carbocycles. The zero-order valence-corrected chi connectivity index (χ0v) is 25.2. The molecule has 0 radical (unpaired) electrons. The minimum absolute atomic E-state index is 0.0220. The van der Waals surface area contributed by atoms with Crippen LogP contribution in [-0.2, 0) is 9.47 Å². The summed E-state index contributed by atoms with van der Waals surface area (Å²) in [6.45, 7) is 11.1. The molecule has 232 valence electrons. The van der Waals surface area contributed by atoms with Crippen LogP contribution in [-0.4, -0.2) is 86.3 Å². The summed E-state index contributed by atoms with van der Waals surface area (Å²) in [6.07, 6.45) is 2.05. The number of hydrogen-bond donors (Lipinski definition) is 6. The highest BCUT2D eigenvalue weighted by atomic mass is 16.7. The predicted octanol–water partition coefficient (Wildman–Crippen LogP) is 2.84. The molecule has 8 heteroatoms. The molecule has 0 bridgehead atoms. The van der Waals surface area contributed by atoms with Crippen molar-refractivity contribution in [1.29, 1.82) is 0 Å². The van der Waals surface area contributed by atoms with Crippen LogP contribution in [0, 0.1) is 52.3 Å². The van der Waals surface area contributed by atoms with Gasteiger partial charge < -0.3 is 40.1 Å². The van der Waals surface area contributed by atoms with Gasteiger partial charge in [0.2, 0.25) is 0 Å². The first kappa shape index (κ1) is 31.1. The summed E-state index contributed by atoms with van der Waals surface area (Å²) in [7, 11) is 0. The molecule has 0 spiro atoms. The normalized spacial score (nSPS) is 52.5. The van der Waals surface area contributed by atoms with Crippen LogP contribution in [0.25, 0.3) is 0 Å². The van der Waals surface area contributed by atoms with Crippen molar-refractivity contribution in [2.75, 3.05) is 6.61 Å². The number of fused-ring (bicyclic) bond motifs is 5. The average molecular weight is 569 g/mol. The van der Waals surface area contributed by atoms with E-state index in [0.29, 0.717) is 30.1 Å². The number of aliphatic hydroxyl groups is 6. The third kappa shape index (κ3) is 5.31. The molecule has 1 unspecified atom stereocenters. The molecule has 1 heterocycles. The Morgan fingerprint density at radius 3 is 2.17 bits per heavy atom. The highest BCUT2D eigenvalue weighted by molar-refractivity contribution is 5.13. The van der Waals surface area contributed by atoms with Gasteiger partial charge in [0.05, 0.1) is 31.0 Å². The average Bonchev–Trinajstić information content (AvgIpc) is 3.17. The van der Waals surface area contributed by atoms with Gasteiger partial charge in [-0.3, -0.25) is 0 Å². The Morgan fingerprint density at radius 1 is 0.775 bits per heavy atom. The Morgan fingerprint density at radius 2 is 1.48 bits per heavy atom. The van der Waals surface area contributed by atoms with E-state index >= 15 is 0 Å². The first-order valence-corrected chi connectivity index (χ1v) is 16.1. The van der Waals surface area contributed by atoms with E-state index in [4.69, 9.17) is 9.47 Å². The van der Waals surface area contributed by atoms with Gasteiger partial charge in [-0.2, -0.15) is 0 Å². The largest absolute Gasteiger partial charge is 0.393 e. The zero-order valence-electron chi connectivity index (χ0n) is 25.2. The van der Waals surface area contributed by atoms with E-state index in [2.05, 4.69) is 34.6 Å². The molecule has 8 nitrogen and oxygen atoms in total. The van der Waals surface area contributed by atoms with Gasteiger partial charge >= 0.3 is 0 Å². The van der Waals surface area contributed by atoms with E-state index in [0.717, 1.165) is 51.4 Å². The van der Waals surface area contributed by atoms with Crippen molar-refractivity contribution in [3.05, 3.63) is 0 Å². The molecule has 4 aliphatic carbocycles. The second-order valence-corrected chi connectivity index (χ2v) is 15.3. The third-order valence-electron chi connectivity index (χ3n) is 12.8. The lowest BCUT2D eigenvalue weighted by Gasteiger charge is -2.62. The monoisotopic (exact) mass is 568 g/mol. The molecule has 4 saturated carbocycles. The van der Waals surface area contributed by atoms with E-state index in [1.807, 2.05) is 0 Å². The van der Waals surface area contributed by atoms with Crippen molar-refractivity contribution in [3.63, 3.8) is 0 Å². The summed E-state index contributed by atoms with van der Waals surface area (Å²) >= 11 is 0. The smallest absolute Gasteiger partial charge is 0.186 e. The van der Waals surface area contributed by atoms with E-state index in [-0.39, 0.29) is 53.5 Å². The van der Waals surface area contributed by atoms with Crippen molar-refractivity contribution in [2.45, 2.75) is 141 Å². The van der Waals surface area contributed by atoms with Crippen molar-refractivity contribution in [2.24, 2.45) is 52.3 Å². The quantitative estimate of drug-likeness (QED) is 0.276. The van der Waals surface area contributed by atoms with Crippen LogP contribution in [0.5, 0.6) is 0 Å². The molecule has 0 aromatic rings. The second-order valence-electron chi connectivity index (χ2n) is 15.3. The molecule has 5 fully saturated rings. The Balaban J connectivity index is 1.26. The first-order chi connectivity index (χ1) is 18.8. The fourth-order valence-electron chi connectivity index (χ4n) is 10.5. The van der Waals surface area contributed by atoms with Crippen molar-refractivity contribution in [1.82, 2.24) is 0 Å². The molecule has 1 aliphatic heterocycles. The number of hydrogen-bond acceptors (Lipinski definition) is 8. The SMILES string of the molecule is CC(C)[C@H](CC[C@@H](C)[C@H]1C[C@@H](O)[C@H]2[C@@H]3C[C@H](O)C4C[C@@H](O)CC[C@]4(C)[C@H]3CC[C@@]21C)O[C@@H]1OC[C@@H](O)[C@H](O)[C@H]1O. The Hall–Kier alpha value is -0.320. The van der Waals surface area contributed by atoms with Crippen LogP contribution in [0.3, 0.4) is 0 Å². The van der Waals surface area contributed by atoms with Gasteiger partial charge in [0, 0.05) is 0 Å².